The number of halogens is 3. The van der Waals surface area contributed by atoms with Crippen LogP contribution in [0.1, 0.15) is 43.0 Å². The summed E-state index contributed by atoms with van der Waals surface area (Å²) >= 11 is 0. The Kier molecular flexibility index (Phi) is 5.43. The van der Waals surface area contributed by atoms with E-state index in [0.717, 1.165) is 17.8 Å². The molecule has 0 fully saturated rings. The zero-order valence-corrected chi connectivity index (χ0v) is 15.1. The van der Waals surface area contributed by atoms with Crippen LogP contribution in [-0.2, 0) is 11.0 Å². The summed E-state index contributed by atoms with van der Waals surface area (Å²) in [4.78, 5) is 19.8. The van der Waals surface area contributed by atoms with Gasteiger partial charge in [-0.25, -0.2) is 0 Å². The zero-order chi connectivity index (χ0) is 20.3. The van der Waals surface area contributed by atoms with E-state index < -0.39 is 17.9 Å². The number of alkyl halides is 3. The Bertz CT molecular complexity index is 957. The molecule has 1 N–H and O–H groups in total. The fourth-order valence-corrected chi connectivity index (χ4v) is 2.55. The summed E-state index contributed by atoms with van der Waals surface area (Å²) in [5.41, 5.74) is -0.0715. The first-order valence-corrected chi connectivity index (χ1v) is 8.48. The number of hydrogen-bond donors (Lipinski definition) is 1. The normalized spacial score (nSPS) is 13.8. The molecule has 0 aliphatic rings. The van der Waals surface area contributed by atoms with Gasteiger partial charge in [0.25, 0.3) is 0 Å². The van der Waals surface area contributed by atoms with E-state index in [0.29, 0.717) is 0 Å². The van der Waals surface area contributed by atoms with Gasteiger partial charge in [0.1, 0.15) is 11.7 Å². The van der Waals surface area contributed by atoms with Crippen LogP contribution in [0.15, 0.2) is 53.2 Å². The van der Waals surface area contributed by atoms with Gasteiger partial charge in [-0.05, 0) is 31.5 Å². The summed E-state index contributed by atoms with van der Waals surface area (Å²) in [6.07, 6.45) is -3.54. The first kappa shape index (κ1) is 19.5. The van der Waals surface area contributed by atoms with E-state index in [1.165, 1.54) is 6.07 Å². The van der Waals surface area contributed by atoms with Gasteiger partial charge in [-0.1, -0.05) is 35.5 Å². The lowest BCUT2D eigenvalue weighted by Crippen LogP contribution is -2.30. The lowest BCUT2D eigenvalue weighted by Gasteiger charge is -2.15. The van der Waals surface area contributed by atoms with Crippen molar-refractivity contribution in [1.29, 1.82) is 0 Å². The fourth-order valence-electron chi connectivity index (χ4n) is 2.55. The van der Waals surface area contributed by atoms with Crippen LogP contribution in [0.4, 0.5) is 13.2 Å². The van der Waals surface area contributed by atoms with Gasteiger partial charge in [0.2, 0.25) is 17.6 Å². The molecule has 146 valence electrons. The molecule has 0 aliphatic carbocycles. The minimum Gasteiger partial charge on any atom is -0.344 e. The highest BCUT2D eigenvalue weighted by Crippen LogP contribution is 2.30. The van der Waals surface area contributed by atoms with Gasteiger partial charge in [-0.2, -0.15) is 18.2 Å². The molecule has 0 spiro atoms. The Balaban J connectivity index is 1.72. The second-order valence-corrected chi connectivity index (χ2v) is 6.25. The molecule has 2 unspecified atom stereocenters. The maximum atomic E-state index is 12.8. The maximum absolute atomic E-state index is 12.8. The summed E-state index contributed by atoms with van der Waals surface area (Å²) < 4.78 is 43.5. The molecule has 2 heterocycles. The molecule has 3 aromatic rings. The molecule has 6 nitrogen and oxygen atoms in total. The van der Waals surface area contributed by atoms with E-state index in [9.17, 15) is 18.0 Å². The molecule has 0 aliphatic heterocycles. The number of carbonyl (C=O) groups is 1. The fraction of sp³-hybridized carbons (Fsp3) is 0.263. The van der Waals surface area contributed by atoms with E-state index >= 15 is 0 Å². The van der Waals surface area contributed by atoms with Gasteiger partial charge >= 0.3 is 6.18 Å². The molecule has 0 bridgehead atoms. The molecule has 1 amide bonds. The predicted molar refractivity (Wildman–Crippen MR) is 93.9 cm³/mol. The minimum atomic E-state index is -4.57. The maximum Gasteiger partial charge on any atom is 0.433 e. The van der Waals surface area contributed by atoms with E-state index in [1.54, 1.807) is 13.8 Å². The van der Waals surface area contributed by atoms with E-state index in [-0.39, 0.29) is 29.1 Å². The van der Waals surface area contributed by atoms with Crippen LogP contribution in [0, 0.1) is 0 Å². The quantitative estimate of drug-likeness (QED) is 0.708. The van der Waals surface area contributed by atoms with Crippen LogP contribution < -0.4 is 5.32 Å². The molecule has 0 saturated heterocycles. The highest BCUT2D eigenvalue weighted by molar-refractivity contribution is 5.83. The van der Waals surface area contributed by atoms with Crippen molar-refractivity contribution in [1.82, 2.24) is 20.4 Å². The van der Waals surface area contributed by atoms with Gasteiger partial charge in [0.05, 0.1) is 5.92 Å². The van der Waals surface area contributed by atoms with Gasteiger partial charge in [0.15, 0.2) is 0 Å². The first-order valence-electron chi connectivity index (χ1n) is 8.48. The average molecular weight is 390 g/mol. The third kappa shape index (κ3) is 4.36. The summed E-state index contributed by atoms with van der Waals surface area (Å²) in [5.74, 6) is -0.545. The Hall–Kier alpha value is -3.23. The predicted octanol–water partition coefficient (Wildman–Crippen LogP) is 4.13. The van der Waals surface area contributed by atoms with Gasteiger partial charge in [-0.15, -0.1) is 0 Å². The van der Waals surface area contributed by atoms with E-state index in [1.807, 2.05) is 30.3 Å². The standard InChI is InChI=1S/C19H17F3N4O2/c1-11(13-6-4-3-5-7-13)17(27)24-12(2)18-25-16(26-28-18)14-8-9-23-15(10-14)19(20,21)22/h3-12H,1-2H3,(H,24,27). The minimum absolute atomic E-state index is 0.0138. The summed E-state index contributed by atoms with van der Waals surface area (Å²) in [6.45, 7) is 3.42. The summed E-state index contributed by atoms with van der Waals surface area (Å²) in [6, 6.07) is 10.8. The van der Waals surface area contributed by atoms with Crippen molar-refractivity contribution in [3.05, 3.63) is 65.8 Å². The Morgan fingerprint density at radius 3 is 2.54 bits per heavy atom. The average Bonchev–Trinajstić information content (AvgIpc) is 3.18. The number of hydrogen-bond acceptors (Lipinski definition) is 5. The van der Waals surface area contributed by atoms with E-state index in [4.69, 9.17) is 4.52 Å². The van der Waals surface area contributed by atoms with Crippen LogP contribution >= 0.6 is 0 Å². The Morgan fingerprint density at radius 2 is 1.86 bits per heavy atom. The highest BCUT2D eigenvalue weighted by atomic mass is 19.4. The number of rotatable bonds is 5. The van der Waals surface area contributed by atoms with Crippen molar-refractivity contribution < 1.29 is 22.5 Å². The molecule has 28 heavy (non-hydrogen) atoms. The number of benzene rings is 1. The highest BCUT2D eigenvalue weighted by Gasteiger charge is 2.33. The molecule has 3 rings (SSSR count). The molecule has 0 saturated carbocycles. The summed E-state index contributed by atoms with van der Waals surface area (Å²) in [5, 5.41) is 6.48. The molecule has 2 aromatic heterocycles. The van der Waals surface area contributed by atoms with Crippen LogP contribution in [0.25, 0.3) is 11.4 Å². The van der Waals surface area contributed by atoms with Crippen molar-refractivity contribution in [3.8, 4) is 11.4 Å². The van der Waals surface area contributed by atoms with Crippen LogP contribution in [0.5, 0.6) is 0 Å². The Labute approximate surface area is 158 Å². The van der Waals surface area contributed by atoms with Crippen LogP contribution in [0.3, 0.4) is 0 Å². The molecular weight excluding hydrogens is 373 g/mol. The topological polar surface area (TPSA) is 80.9 Å². The third-order valence-electron chi connectivity index (χ3n) is 4.17. The molecule has 1 aromatic carbocycles. The molecular formula is C19H17F3N4O2. The number of aromatic nitrogens is 3. The largest absolute Gasteiger partial charge is 0.433 e. The SMILES string of the molecule is CC(NC(=O)C(C)c1ccccc1)c1nc(-c2ccnc(C(F)(F)F)c2)no1. The molecule has 2 atom stereocenters. The number of amides is 1. The van der Waals surface area contributed by atoms with Crippen LogP contribution in [0.2, 0.25) is 0 Å². The lowest BCUT2D eigenvalue weighted by molar-refractivity contribution is -0.141. The number of pyridine rings is 1. The number of carbonyl (C=O) groups excluding carboxylic acids is 1. The van der Waals surface area contributed by atoms with Crippen molar-refractivity contribution >= 4 is 5.91 Å². The van der Waals surface area contributed by atoms with Crippen molar-refractivity contribution in [3.63, 3.8) is 0 Å². The van der Waals surface area contributed by atoms with Gasteiger partial charge in [0, 0.05) is 11.8 Å². The second-order valence-electron chi connectivity index (χ2n) is 6.25. The van der Waals surface area contributed by atoms with Crippen LogP contribution in [-0.4, -0.2) is 21.0 Å². The number of nitrogens with one attached hydrogen (secondary N) is 1. The smallest absolute Gasteiger partial charge is 0.344 e. The Morgan fingerprint density at radius 1 is 1.14 bits per heavy atom. The number of nitrogens with zero attached hydrogens (tertiary/aromatic N) is 3. The van der Waals surface area contributed by atoms with Crippen molar-refractivity contribution in [2.24, 2.45) is 0 Å². The van der Waals surface area contributed by atoms with Gasteiger partial charge < -0.3 is 9.84 Å². The third-order valence-corrected chi connectivity index (χ3v) is 4.17. The monoisotopic (exact) mass is 390 g/mol. The molecule has 0 radical (unpaired) electrons. The first-order chi connectivity index (χ1) is 13.3. The van der Waals surface area contributed by atoms with Crippen molar-refractivity contribution in [2.75, 3.05) is 0 Å². The molecule has 9 heteroatoms. The van der Waals surface area contributed by atoms with Crippen molar-refractivity contribution in [2.45, 2.75) is 32.0 Å². The summed E-state index contributed by atoms with van der Waals surface area (Å²) in [7, 11) is 0. The van der Waals surface area contributed by atoms with Gasteiger partial charge in [-0.3, -0.25) is 9.78 Å². The van der Waals surface area contributed by atoms with E-state index in [2.05, 4.69) is 20.4 Å². The zero-order valence-electron chi connectivity index (χ0n) is 15.1. The second kappa shape index (κ2) is 7.79. The lowest BCUT2D eigenvalue weighted by atomic mass is 10.0.